The highest BCUT2D eigenvalue weighted by Gasteiger charge is 2.24. The van der Waals surface area contributed by atoms with Gasteiger partial charge in [-0.25, -0.2) is 4.79 Å². The van der Waals surface area contributed by atoms with Gasteiger partial charge in [0.15, 0.2) is 0 Å². The number of aromatic carboxylic acids is 1. The smallest absolute Gasteiger partial charge is 0.337 e. The number of para-hydroxylation sites is 1. The number of hydrogen-bond acceptors (Lipinski definition) is 3. The van der Waals surface area contributed by atoms with Crippen molar-refractivity contribution < 1.29 is 14.6 Å². The zero-order chi connectivity index (χ0) is 14.1. The van der Waals surface area contributed by atoms with Gasteiger partial charge in [-0.15, -0.1) is 0 Å². The van der Waals surface area contributed by atoms with Gasteiger partial charge in [-0.2, -0.15) is 0 Å². The number of carbonyl (C=O) groups is 1. The lowest BCUT2D eigenvalue weighted by Crippen LogP contribution is -2.16. The highest BCUT2D eigenvalue weighted by Crippen LogP contribution is 2.37. The molecule has 2 aromatic rings. The van der Waals surface area contributed by atoms with E-state index in [-0.39, 0.29) is 0 Å². The molecule has 2 aromatic carbocycles. The van der Waals surface area contributed by atoms with Crippen LogP contribution in [0.25, 0.3) is 0 Å². The highest BCUT2D eigenvalue weighted by atomic mass is 16.5. The maximum absolute atomic E-state index is 11.3. The molecule has 3 rings (SSSR count). The Hall–Kier alpha value is -2.49. The van der Waals surface area contributed by atoms with Crippen LogP contribution >= 0.6 is 0 Å². The van der Waals surface area contributed by atoms with Gasteiger partial charge in [-0.05, 0) is 42.3 Å². The van der Waals surface area contributed by atoms with Gasteiger partial charge in [0, 0.05) is 12.2 Å². The van der Waals surface area contributed by atoms with E-state index in [1.807, 2.05) is 30.3 Å². The lowest BCUT2D eigenvalue weighted by Gasteiger charge is -2.21. The Morgan fingerprint density at radius 1 is 1.20 bits per heavy atom. The minimum atomic E-state index is -0.900. The molecule has 1 heterocycles. The van der Waals surface area contributed by atoms with Crippen molar-refractivity contribution in [1.29, 1.82) is 0 Å². The first-order chi connectivity index (χ1) is 9.70. The monoisotopic (exact) mass is 269 g/mol. The predicted octanol–water partition coefficient (Wildman–Crippen LogP) is 3.09. The van der Waals surface area contributed by atoms with Crippen molar-refractivity contribution in [3.63, 3.8) is 0 Å². The van der Waals surface area contributed by atoms with Crippen LogP contribution in [-0.2, 0) is 6.42 Å². The normalized spacial score (nSPS) is 13.2. The van der Waals surface area contributed by atoms with Crippen molar-refractivity contribution in [3.8, 4) is 5.75 Å². The van der Waals surface area contributed by atoms with Crippen molar-refractivity contribution in [1.82, 2.24) is 0 Å². The third kappa shape index (κ3) is 1.99. The lowest BCUT2D eigenvalue weighted by molar-refractivity contribution is 0.0697. The molecule has 0 unspecified atom stereocenters. The summed E-state index contributed by atoms with van der Waals surface area (Å²) >= 11 is 0. The molecule has 0 spiro atoms. The van der Waals surface area contributed by atoms with Gasteiger partial charge in [0.1, 0.15) is 5.75 Å². The van der Waals surface area contributed by atoms with Crippen LogP contribution in [0.4, 0.5) is 11.4 Å². The number of carboxylic acids is 1. The molecule has 0 aromatic heterocycles. The van der Waals surface area contributed by atoms with Crippen LogP contribution in [0.3, 0.4) is 0 Å². The molecule has 0 aliphatic carbocycles. The van der Waals surface area contributed by atoms with Crippen LogP contribution in [0, 0.1) is 0 Å². The number of anilines is 2. The molecule has 0 radical (unpaired) electrons. The fraction of sp³-hybridized carbons (Fsp3) is 0.188. The second kappa shape index (κ2) is 4.89. The Morgan fingerprint density at radius 3 is 2.75 bits per heavy atom. The molecule has 4 heteroatoms. The standard InChI is InChI=1S/C16H15NO3/c1-20-12-6-7-14-11(10-12)8-9-17(14)15-5-3-2-4-13(15)16(18)19/h2-7,10H,8-9H2,1H3,(H,18,19). The Balaban J connectivity index is 2.05. The number of fused-ring (bicyclic) bond motifs is 1. The molecule has 0 atom stereocenters. The predicted molar refractivity (Wildman–Crippen MR) is 77.1 cm³/mol. The fourth-order valence-electron chi connectivity index (χ4n) is 2.65. The van der Waals surface area contributed by atoms with Gasteiger partial charge >= 0.3 is 5.97 Å². The van der Waals surface area contributed by atoms with Crippen molar-refractivity contribution in [2.24, 2.45) is 0 Å². The number of hydrogen-bond donors (Lipinski definition) is 1. The summed E-state index contributed by atoms with van der Waals surface area (Å²) in [7, 11) is 1.65. The quantitative estimate of drug-likeness (QED) is 0.930. The maximum Gasteiger partial charge on any atom is 0.337 e. The zero-order valence-electron chi connectivity index (χ0n) is 11.2. The lowest BCUT2D eigenvalue weighted by atomic mass is 10.1. The summed E-state index contributed by atoms with van der Waals surface area (Å²) in [5.74, 6) is -0.0697. The van der Waals surface area contributed by atoms with Crippen LogP contribution in [0.1, 0.15) is 15.9 Å². The third-order valence-corrected chi connectivity index (χ3v) is 3.61. The summed E-state index contributed by atoms with van der Waals surface area (Å²) in [6.45, 7) is 0.785. The van der Waals surface area contributed by atoms with Crippen molar-refractivity contribution in [2.45, 2.75) is 6.42 Å². The van der Waals surface area contributed by atoms with Gasteiger partial charge in [0.05, 0.1) is 18.4 Å². The second-order valence-electron chi connectivity index (χ2n) is 4.72. The average Bonchev–Trinajstić information content (AvgIpc) is 2.89. The number of nitrogens with zero attached hydrogens (tertiary/aromatic N) is 1. The maximum atomic E-state index is 11.3. The molecular weight excluding hydrogens is 254 g/mol. The average molecular weight is 269 g/mol. The van der Waals surface area contributed by atoms with Crippen LogP contribution < -0.4 is 9.64 Å². The molecule has 0 saturated carbocycles. The van der Waals surface area contributed by atoms with E-state index in [0.717, 1.165) is 30.1 Å². The zero-order valence-corrected chi connectivity index (χ0v) is 11.2. The van der Waals surface area contributed by atoms with E-state index in [0.29, 0.717) is 5.56 Å². The number of carboxylic acid groups (broad SMARTS) is 1. The van der Waals surface area contributed by atoms with Crippen LogP contribution in [0.15, 0.2) is 42.5 Å². The number of methoxy groups -OCH3 is 1. The first kappa shape index (κ1) is 12.5. The molecule has 0 amide bonds. The molecule has 1 aliphatic heterocycles. The molecule has 0 fully saturated rings. The number of benzene rings is 2. The van der Waals surface area contributed by atoms with Crippen LogP contribution in [0.5, 0.6) is 5.75 Å². The number of rotatable bonds is 3. The molecule has 0 saturated heterocycles. The van der Waals surface area contributed by atoms with Crippen LogP contribution in [-0.4, -0.2) is 24.7 Å². The molecular formula is C16H15NO3. The van der Waals surface area contributed by atoms with Gasteiger partial charge in [0.25, 0.3) is 0 Å². The first-order valence-corrected chi connectivity index (χ1v) is 6.47. The minimum Gasteiger partial charge on any atom is -0.497 e. The SMILES string of the molecule is COc1ccc2c(c1)CCN2c1ccccc1C(=O)O. The first-order valence-electron chi connectivity index (χ1n) is 6.47. The summed E-state index contributed by atoms with van der Waals surface area (Å²) in [4.78, 5) is 13.4. The summed E-state index contributed by atoms with van der Waals surface area (Å²) in [6.07, 6.45) is 0.889. The van der Waals surface area contributed by atoms with E-state index in [4.69, 9.17) is 4.74 Å². The third-order valence-electron chi connectivity index (χ3n) is 3.61. The van der Waals surface area contributed by atoms with Gasteiger partial charge in [-0.3, -0.25) is 0 Å². The Labute approximate surface area is 117 Å². The van der Waals surface area contributed by atoms with Crippen molar-refractivity contribution >= 4 is 17.3 Å². The second-order valence-corrected chi connectivity index (χ2v) is 4.72. The van der Waals surface area contributed by atoms with Gasteiger partial charge in [0.2, 0.25) is 0 Å². The van der Waals surface area contributed by atoms with E-state index < -0.39 is 5.97 Å². The van der Waals surface area contributed by atoms with Gasteiger partial charge < -0.3 is 14.7 Å². The van der Waals surface area contributed by atoms with E-state index in [1.165, 1.54) is 5.56 Å². The van der Waals surface area contributed by atoms with E-state index in [9.17, 15) is 9.90 Å². The summed E-state index contributed by atoms with van der Waals surface area (Å²) in [5.41, 5.74) is 3.31. The number of ether oxygens (including phenoxy) is 1. The molecule has 1 N–H and O–H groups in total. The summed E-state index contributed by atoms with van der Waals surface area (Å²) in [5, 5.41) is 9.31. The molecule has 20 heavy (non-hydrogen) atoms. The van der Waals surface area contributed by atoms with Gasteiger partial charge in [-0.1, -0.05) is 12.1 Å². The topological polar surface area (TPSA) is 49.8 Å². The van der Waals surface area contributed by atoms with E-state index in [1.54, 1.807) is 19.2 Å². The Kier molecular flexibility index (Phi) is 3.06. The van der Waals surface area contributed by atoms with E-state index >= 15 is 0 Å². The molecule has 1 aliphatic rings. The molecule has 0 bridgehead atoms. The summed E-state index contributed by atoms with van der Waals surface area (Å²) < 4.78 is 5.23. The fourth-order valence-corrected chi connectivity index (χ4v) is 2.65. The largest absolute Gasteiger partial charge is 0.497 e. The van der Waals surface area contributed by atoms with Crippen molar-refractivity contribution in [2.75, 3.05) is 18.6 Å². The Bertz CT molecular complexity index is 667. The minimum absolute atomic E-state index is 0.330. The highest BCUT2D eigenvalue weighted by molar-refractivity contribution is 5.96. The Morgan fingerprint density at radius 2 is 2.00 bits per heavy atom. The molecule has 4 nitrogen and oxygen atoms in total. The van der Waals surface area contributed by atoms with Crippen LogP contribution in [0.2, 0.25) is 0 Å². The molecule has 102 valence electrons. The summed E-state index contributed by atoms with van der Waals surface area (Å²) in [6, 6.07) is 13.0. The van der Waals surface area contributed by atoms with E-state index in [2.05, 4.69) is 4.90 Å². The van der Waals surface area contributed by atoms with Crippen molar-refractivity contribution in [3.05, 3.63) is 53.6 Å².